The van der Waals surface area contributed by atoms with Gasteiger partial charge >= 0.3 is 0 Å². The molecule has 1 heterocycles. The Morgan fingerprint density at radius 1 is 1.03 bits per heavy atom. The molecule has 0 radical (unpaired) electrons. The van der Waals surface area contributed by atoms with Crippen LogP contribution < -0.4 is 21.1 Å². The summed E-state index contributed by atoms with van der Waals surface area (Å²) >= 11 is 0. The summed E-state index contributed by atoms with van der Waals surface area (Å²) in [5.74, 6) is 0.0158. The Labute approximate surface area is 180 Å². The number of nitrogens with one attached hydrogen (secondary N) is 4. The minimum atomic E-state index is -0.274. The first-order valence-electron chi connectivity index (χ1n) is 10.3. The Balaban J connectivity index is 1.55. The number of anilines is 1. The molecule has 0 bridgehead atoms. The molecule has 2 aromatic carbocycles. The highest BCUT2D eigenvalue weighted by atomic mass is 16.2. The third kappa shape index (κ3) is 5.76. The van der Waals surface area contributed by atoms with Gasteiger partial charge in [0.15, 0.2) is 12.4 Å². The van der Waals surface area contributed by atoms with Crippen molar-refractivity contribution in [2.45, 2.75) is 27.3 Å². The number of quaternary nitrogens is 1. The van der Waals surface area contributed by atoms with Gasteiger partial charge in [-0.25, -0.2) is 4.98 Å². The number of H-pyrrole nitrogens is 1. The molecule has 0 aliphatic carbocycles. The van der Waals surface area contributed by atoms with Crippen molar-refractivity contribution in [1.82, 2.24) is 15.3 Å². The minimum Gasteiger partial charge on any atom is -0.342 e. The fraction of sp³-hybridized carbons (Fsp3) is 0.304. The first kappa shape index (κ1) is 22.2. The van der Waals surface area contributed by atoms with E-state index in [-0.39, 0.29) is 30.5 Å². The number of hydrogen-bond donors (Lipinski definition) is 4. The summed E-state index contributed by atoms with van der Waals surface area (Å²) in [6.07, 6.45) is 0. The van der Waals surface area contributed by atoms with Crippen LogP contribution in [-0.2, 0) is 16.1 Å². The zero-order chi connectivity index (χ0) is 22.4. The van der Waals surface area contributed by atoms with E-state index in [1.54, 1.807) is 18.2 Å². The van der Waals surface area contributed by atoms with E-state index >= 15 is 0 Å². The van der Waals surface area contributed by atoms with Crippen molar-refractivity contribution in [1.29, 1.82) is 0 Å². The fourth-order valence-corrected chi connectivity index (χ4v) is 3.43. The zero-order valence-electron chi connectivity index (χ0n) is 18.0. The quantitative estimate of drug-likeness (QED) is 0.429. The summed E-state index contributed by atoms with van der Waals surface area (Å²) in [5.41, 5.74) is 3.15. The highest BCUT2D eigenvalue weighted by Gasteiger charge is 2.16. The summed E-state index contributed by atoms with van der Waals surface area (Å²) in [4.78, 5) is 45.1. The molecule has 3 rings (SSSR count). The lowest BCUT2D eigenvalue weighted by atomic mass is 10.1. The Bertz CT molecular complexity index is 1140. The van der Waals surface area contributed by atoms with E-state index in [9.17, 15) is 14.4 Å². The van der Waals surface area contributed by atoms with Gasteiger partial charge in [0.05, 0.1) is 24.0 Å². The number of fused-ring (bicyclic) bond motifs is 1. The molecule has 8 heteroatoms. The molecule has 1 aromatic heterocycles. The van der Waals surface area contributed by atoms with E-state index in [2.05, 4.69) is 20.6 Å². The molecule has 1 unspecified atom stereocenters. The molecule has 0 aliphatic heterocycles. The number of aromatic amines is 1. The van der Waals surface area contributed by atoms with Crippen molar-refractivity contribution >= 4 is 28.4 Å². The number of benzene rings is 2. The van der Waals surface area contributed by atoms with Gasteiger partial charge in [0.25, 0.3) is 11.5 Å². The second-order valence-corrected chi connectivity index (χ2v) is 7.58. The second kappa shape index (κ2) is 9.99. The lowest BCUT2D eigenvalue weighted by Crippen LogP contribution is -3.11. The molecular weight excluding hydrogens is 394 g/mol. The van der Waals surface area contributed by atoms with Crippen LogP contribution in [0.5, 0.6) is 0 Å². The maximum atomic E-state index is 12.4. The van der Waals surface area contributed by atoms with Crippen LogP contribution in [0, 0.1) is 13.8 Å². The maximum Gasteiger partial charge on any atom is 0.275 e. The number of rotatable bonds is 8. The fourth-order valence-electron chi connectivity index (χ4n) is 3.43. The number of aromatic nitrogens is 2. The van der Waals surface area contributed by atoms with E-state index in [0.29, 0.717) is 29.8 Å². The van der Waals surface area contributed by atoms with E-state index in [1.807, 2.05) is 45.0 Å². The van der Waals surface area contributed by atoms with E-state index in [1.165, 1.54) is 0 Å². The van der Waals surface area contributed by atoms with Gasteiger partial charge in [0, 0.05) is 5.69 Å². The highest BCUT2D eigenvalue weighted by molar-refractivity contribution is 5.95. The average Bonchev–Trinajstić information content (AvgIpc) is 2.74. The van der Waals surface area contributed by atoms with Crippen molar-refractivity contribution in [3.63, 3.8) is 0 Å². The topological polar surface area (TPSA) is 108 Å². The van der Waals surface area contributed by atoms with Crippen LogP contribution in [-0.4, -0.2) is 41.4 Å². The third-order valence-corrected chi connectivity index (χ3v) is 5.18. The predicted molar refractivity (Wildman–Crippen MR) is 120 cm³/mol. The van der Waals surface area contributed by atoms with Crippen LogP contribution in [0.2, 0.25) is 0 Å². The number of para-hydroxylation sites is 2. The van der Waals surface area contributed by atoms with Crippen LogP contribution >= 0.6 is 0 Å². The standard InChI is InChI=1S/C23H27N5O3/c1-4-28(13-19-25-18-11-6-5-10-17(18)23(31)26-19)14-21(30)24-12-20(29)27-22-15(2)8-7-9-16(22)3/h5-11H,4,12-14H2,1-3H3,(H,24,30)(H,27,29)(H,25,26,31)/p+1. The SMILES string of the molecule is CC[NH+](CC(=O)NCC(=O)Nc1c(C)cccc1C)Cc1nc2ccccc2c(=O)[nH]1. The third-order valence-electron chi connectivity index (χ3n) is 5.18. The summed E-state index contributed by atoms with van der Waals surface area (Å²) in [6.45, 7) is 6.94. The van der Waals surface area contributed by atoms with E-state index in [0.717, 1.165) is 21.7 Å². The second-order valence-electron chi connectivity index (χ2n) is 7.58. The van der Waals surface area contributed by atoms with Gasteiger partial charge in [0.1, 0.15) is 6.54 Å². The number of amides is 2. The molecule has 162 valence electrons. The minimum absolute atomic E-state index is 0.103. The maximum absolute atomic E-state index is 12.4. The van der Waals surface area contributed by atoms with Crippen molar-refractivity contribution < 1.29 is 14.5 Å². The predicted octanol–water partition coefficient (Wildman–Crippen LogP) is 0.700. The number of carbonyl (C=O) groups is 2. The Morgan fingerprint density at radius 3 is 2.45 bits per heavy atom. The summed E-state index contributed by atoms with van der Waals surface area (Å²) in [5, 5.41) is 6.06. The molecule has 0 aliphatic rings. The first-order chi connectivity index (χ1) is 14.9. The smallest absolute Gasteiger partial charge is 0.275 e. The van der Waals surface area contributed by atoms with Crippen LogP contribution in [0.1, 0.15) is 23.9 Å². The van der Waals surface area contributed by atoms with E-state index < -0.39 is 0 Å². The number of hydrogen-bond acceptors (Lipinski definition) is 4. The monoisotopic (exact) mass is 422 g/mol. The van der Waals surface area contributed by atoms with Crippen molar-refractivity contribution in [3.05, 3.63) is 69.8 Å². The Morgan fingerprint density at radius 2 is 1.74 bits per heavy atom. The molecule has 0 saturated carbocycles. The lowest BCUT2D eigenvalue weighted by Gasteiger charge is -2.17. The van der Waals surface area contributed by atoms with Gasteiger partial charge in [-0.3, -0.25) is 14.4 Å². The van der Waals surface area contributed by atoms with Crippen molar-refractivity contribution in [2.24, 2.45) is 0 Å². The van der Waals surface area contributed by atoms with Gasteiger partial charge in [-0.15, -0.1) is 0 Å². The Hall–Kier alpha value is -3.52. The molecule has 0 saturated heterocycles. The number of likely N-dealkylation sites (N-methyl/N-ethyl adjacent to an activating group) is 1. The van der Waals surface area contributed by atoms with Crippen LogP contribution in [0.15, 0.2) is 47.3 Å². The molecule has 0 spiro atoms. The summed E-state index contributed by atoms with van der Waals surface area (Å²) in [7, 11) is 0. The zero-order valence-corrected chi connectivity index (χ0v) is 18.0. The molecule has 2 amide bonds. The molecule has 4 N–H and O–H groups in total. The Kier molecular flexibility index (Phi) is 7.15. The van der Waals surface area contributed by atoms with Crippen LogP contribution in [0.3, 0.4) is 0 Å². The number of aryl methyl sites for hydroxylation is 2. The molecule has 1 atom stereocenters. The molecule has 0 fully saturated rings. The van der Waals surface area contributed by atoms with Crippen molar-refractivity contribution in [2.75, 3.05) is 25.0 Å². The van der Waals surface area contributed by atoms with Gasteiger partial charge in [-0.2, -0.15) is 0 Å². The van der Waals surface area contributed by atoms with E-state index in [4.69, 9.17) is 0 Å². The highest BCUT2D eigenvalue weighted by Crippen LogP contribution is 2.18. The van der Waals surface area contributed by atoms with Crippen LogP contribution in [0.25, 0.3) is 10.9 Å². The van der Waals surface area contributed by atoms with Gasteiger partial charge < -0.3 is 20.5 Å². The molecule has 8 nitrogen and oxygen atoms in total. The summed E-state index contributed by atoms with van der Waals surface area (Å²) < 4.78 is 0. The summed E-state index contributed by atoms with van der Waals surface area (Å²) in [6, 6.07) is 12.9. The molecule has 31 heavy (non-hydrogen) atoms. The average molecular weight is 423 g/mol. The number of carbonyl (C=O) groups excluding carboxylic acids is 2. The van der Waals surface area contributed by atoms with Gasteiger partial charge in [-0.1, -0.05) is 30.3 Å². The number of nitrogens with zero attached hydrogens (tertiary/aromatic N) is 1. The molecular formula is C23H28N5O3+. The largest absolute Gasteiger partial charge is 0.342 e. The van der Waals surface area contributed by atoms with Crippen molar-refractivity contribution in [3.8, 4) is 0 Å². The van der Waals surface area contributed by atoms with Gasteiger partial charge in [-0.05, 0) is 44.0 Å². The molecule has 3 aromatic rings. The normalized spacial score (nSPS) is 11.8. The first-order valence-corrected chi connectivity index (χ1v) is 10.3. The van der Waals surface area contributed by atoms with Gasteiger partial charge in [0.2, 0.25) is 5.91 Å². The van der Waals surface area contributed by atoms with Crippen LogP contribution in [0.4, 0.5) is 5.69 Å². The lowest BCUT2D eigenvalue weighted by molar-refractivity contribution is -0.904.